The molecule has 1 fully saturated rings. The number of hydrogen-bond acceptors (Lipinski definition) is 8. The topological polar surface area (TPSA) is 74.9 Å². The zero-order valence-electron chi connectivity index (χ0n) is 20.0. The standard InChI is InChI=1S/C26H29FN4O3S/c1-16-14-31(26(17(2)32)33-20-8-9-25-23(13-20)28-18(3)35-25)11-10-30(16)15-19-12-24(34-29-19)21-6-4-5-7-22(21)27/h4-9,12-13,16-17,26,32H,10-11,14-15H2,1-3H3/t16?,17-,26?/m1/s1. The molecule has 1 aliphatic heterocycles. The molecule has 0 bridgehead atoms. The van der Waals surface area contributed by atoms with Crippen molar-refractivity contribution in [2.75, 3.05) is 19.6 Å². The third-order valence-electron chi connectivity index (χ3n) is 6.36. The predicted octanol–water partition coefficient (Wildman–Crippen LogP) is 4.69. The van der Waals surface area contributed by atoms with E-state index in [1.165, 1.54) is 6.07 Å². The van der Waals surface area contributed by atoms with E-state index in [2.05, 4.69) is 26.9 Å². The minimum Gasteiger partial charge on any atom is -0.472 e. The van der Waals surface area contributed by atoms with Crippen LogP contribution < -0.4 is 4.74 Å². The quantitative estimate of drug-likeness (QED) is 0.398. The zero-order valence-corrected chi connectivity index (χ0v) is 20.8. The summed E-state index contributed by atoms with van der Waals surface area (Å²) in [6, 6.07) is 14.4. The van der Waals surface area contributed by atoms with Gasteiger partial charge in [-0.25, -0.2) is 9.37 Å². The molecule has 2 aromatic carbocycles. The number of aryl methyl sites for hydroxylation is 1. The molecule has 0 saturated carbocycles. The average molecular weight is 497 g/mol. The van der Waals surface area contributed by atoms with Crippen LogP contribution >= 0.6 is 11.3 Å². The van der Waals surface area contributed by atoms with Crippen molar-refractivity contribution in [1.82, 2.24) is 19.9 Å². The van der Waals surface area contributed by atoms with Crippen molar-refractivity contribution in [3.05, 3.63) is 65.0 Å². The fourth-order valence-electron chi connectivity index (χ4n) is 4.59. The third-order valence-corrected chi connectivity index (χ3v) is 7.31. The van der Waals surface area contributed by atoms with Gasteiger partial charge in [0.05, 0.1) is 26.5 Å². The lowest BCUT2D eigenvalue weighted by Crippen LogP contribution is -2.58. The van der Waals surface area contributed by atoms with Crippen LogP contribution in [0.25, 0.3) is 21.5 Å². The molecule has 2 unspecified atom stereocenters. The van der Waals surface area contributed by atoms with Gasteiger partial charge in [-0.15, -0.1) is 11.3 Å². The average Bonchev–Trinajstić information content (AvgIpc) is 3.44. The summed E-state index contributed by atoms with van der Waals surface area (Å²) < 4.78 is 26.9. The van der Waals surface area contributed by atoms with Gasteiger partial charge in [-0.1, -0.05) is 17.3 Å². The SMILES string of the molecule is Cc1nc2cc(OC([C@@H](C)O)N3CCN(Cc4cc(-c5ccccc5F)on4)C(C)C3)ccc2s1. The Morgan fingerprint density at radius 2 is 2.06 bits per heavy atom. The molecule has 0 radical (unpaired) electrons. The van der Waals surface area contributed by atoms with Gasteiger partial charge in [-0.3, -0.25) is 9.80 Å². The number of nitrogens with zero attached hydrogens (tertiary/aromatic N) is 4. The number of fused-ring (bicyclic) bond motifs is 1. The molecule has 5 rings (SSSR count). The van der Waals surface area contributed by atoms with Crippen LogP contribution in [0.4, 0.5) is 4.39 Å². The second-order valence-corrected chi connectivity index (χ2v) is 10.3. The minimum atomic E-state index is -0.666. The van der Waals surface area contributed by atoms with E-state index in [0.717, 1.165) is 40.6 Å². The first-order valence-corrected chi connectivity index (χ1v) is 12.6. The summed E-state index contributed by atoms with van der Waals surface area (Å²) in [4.78, 5) is 9.03. The van der Waals surface area contributed by atoms with Crippen molar-refractivity contribution in [1.29, 1.82) is 0 Å². The molecule has 0 spiro atoms. The Hall–Kier alpha value is -2.85. The van der Waals surface area contributed by atoms with Crippen molar-refractivity contribution in [2.24, 2.45) is 0 Å². The Morgan fingerprint density at radius 3 is 2.83 bits per heavy atom. The molecule has 1 saturated heterocycles. The lowest BCUT2D eigenvalue weighted by molar-refractivity contribution is -0.0856. The number of benzene rings is 2. The van der Waals surface area contributed by atoms with E-state index in [1.807, 2.05) is 25.1 Å². The number of rotatable bonds is 7. The zero-order chi connectivity index (χ0) is 24.5. The number of aliphatic hydroxyl groups is 1. The Bertz CT molecular complexity index is 1310. The molecule has 0 aliphatic carbocycles. The molecule has 35 heavy (non-hydrogen) atoms. The summed E-state index contributed by atoms with van der Waals surface area (Å²) in [5.74, 6) is 0.802. The Morgan fingerprint density at radius 1 is 1.23 bits per heavy atom. The van der Waals surface area contributed by atoms with E-state index in [1.54, 1.807) is 42.5 Å². The normalized spacial score (nSPS) is 19.2. The van der Waals surface area contributed by atoms with E-state index < -0.39 is 12.3 Å². The number of aliphatic hydroxyl groups excluding tert-OH is 1. The Labute approximate surface area is 207 Å². The van der Waals surface area contributed by atoms with Crippen LogP contribution in [-0.2, 0) is 6.54 Å². The number of aromatic nitrogens is 2. The van der Waals surface area contributed by atoms with Crippen LogP contribution in [0.1, 0.15) is 24.5 Å². The molecular weight excluding hydrogens is 467 g/mol. The lowest BCUT2D eigenvalue weighted by Gasteiger charge is -2.43. The molecule has 2 aromatic heterocycles. The molecular formula is C26H29FN4O3S. The maximum Gasteiger partial charge on any atom is 0.178 e. The summed E-state index contributed by atoms with van der Waals surface area (Å²) in [7, 11) is 0. The van der Waals surface area contributed by atoms with Crippen LogP contribution in [0, 0.1) is 12.7 Å². The van der Waals surface area contributed by atoms with Gasteiger partial charge in [0, 0.05) is 44.4 Å². The van der Waals surface area contributed by atoms with E-state index >= 15 is 0 Å². The van der Waals surface area contributed by atoms with Crippen LogP contribution in [0.5, 0.6) is 5.75 Å². The number of piperazine rings is 1. The van der Waals surface area contributed by atoms with E-state index in [4.69, 9.17) is 9.26 Å². The molecule has 3 heterocycles. The van der Waals surface area contributed by atoms with Crippen molar-refractivity contribution < 1.29 is 18.8 Å². The van der Waals surface area contributed by atoms with E-state index in [-0.39, 0.29) is 11.9 Å². The van der Waals surface area contributed by atoms with Gasteiger partial charge in [0.15, 0.2) is 12.0 Å². The monoisotopic (exact) mass is 496 g/mol. The maximum atomic E-state index is 14.1. The highest BCUT2D eigenvalue weighted by Crippen LogP contribution is 2.28. The highest BCUT2D eigenvalue weighted by molar-refractivity contribution is 7.18. The van der Waals surface area contributed by atoms with Gasteiger partial charge in [0.2, 0.25) is 0 Å². The largest absolute Gasteiger partial charge is 0.472 e. The van der Waals surface area contributed by atoms with Crippen molar-refractivity contribution in [3.8, 4) is 17.1 Å². The second kappa shape index (κ2) is 10.0. The van der Waals surface area contributed by atoms with Crippen LogP contribution in [0.2, 0.25) is 0 Å². The van der Waals surface area contributed by atoms with Crippen LogP contribution in [0.3, 0.4) is 0 Å². The highest BCUT2D eigenvalue weighted by Gasteiger charge is 2.32. The first-order valence-electron chi connectivity index (χ1n) is 11.8. The first kappa shape index (κ1) is 23.9. The second-order valence-electron chi connectivity index (χ2n) is 9.09. The molecule has 4 aromatic rings. The molecule has 9 heteroatoms. The first-order chi connectivity index (χ1) is 16.9. The van der Waals surface area contributed by atoms with Crippen molar-refractivity contribution in [2.45, 2.75) is 45.7 Å². The smallest absolute Gasteiger partial charge is 0.178 e. The summed E-state index contributed by atoms with van der Waals surface area (Å²) >= 11 is 1.65. The molecule has 184 valence electrons. The summed E-state index contributed by atoms with van der Waals surface area (Å²) in [5.41, 5.74) is 2.08. The van der Waals surface area contributed by atoms with Gasteiger partial charge in [0.1, 0.15) is 17.7 Å². The van der Waals surface area contributed by atoms with E-state index in [9.17, 15) is 9.50 Å². The Balaban J connectivity index is 1.23. The fraction of sp³-hybridized carbons (Fsp3) is 0.385. The lowest BCUT2D eigenvalue weighted by atomic mass is 10.1. The Kier molecular flexibility index (Phi) is 6.84. The molecule has 7 nitrogen and oxygen atoms in total. The number of ether oxygens (including phenoxy) is 1. The van der Waals surface area contributed by atoms with E-state index in [0.29, 0.717) is 23.6 Å². The summed E-state index contributed by atoms with van der Waals surface area (Å²) in [6.07, 6.45) is -1.13. The number of thiazole rings is 1. The molecule has 1 N–H and O–H groups in total. The molecule has 0 amide bonds. The molecule has 1 aliphatic rings. The van der Waals surface area contributed by atoms with Crippen LogP contribution in [-0.4, -0.2) is 63.1 Å². The number of halogens is 1. The van der Waals surface area contributed by atoms with Gasteiger partial charge in [-0.2, -0.15) is 0 Å². The van der Waals surface area contributed by atoms with Crippen LogP contribution in [0.15, 0.2) is 53.1 Å². The van der Waals surface area contributed by atoms with Gasteiger partial charge >= 0.3 is 0 Å². The predicted molar refractivity (Wildman–Crippen MR) is 134 cm³/mol. The number of hydrogen-bond donors (Lipinski definition) is 1. The van der Waals surface area contributed by atoms with Gasteiger partial charge in [-0.05, 0) is 45.0 Å². The van der Waals surface area contributed by atoms with Crippen molar-refractivity contribution >= 4 is 21.6 Å². The maximum absolute atomic E-state index is 14.1. The van der Waals surface area contributed by atoms with Gasteiger partial charge in [0.25, 0.3) is 0 Å². The van der Waals surface area contributed by atoms with Gasteiger partial charge < -0.3 is 14.4 Å². The highest BCUT2D eigenvalue weighted by atomic mass is 32.1. The summed E-state index contributed by atoms with van der Waals surface area (Å²) in [5, 5.41) is 15.7. The summed E-state index contributed by atoms with van der Waals surface area (Å²) in [6.45, 7) is 8.74. The fourth-order valence-corrected chi connectivity index (χ4v) is 5.39. The third kappa shape index (κ3) is 5.23. The van der Waals surface area contributed by atoms with Crippen molar-refractivity contribution in [3.63, 3.8) is 0 Å². The molecule has 3 atom stereocenters. The minimum absolute atomic E-state index is 0.200.